The lowest BCUT2D eigenvalue weighted by Crippen LogP contribution is -2.32. The maximum atomic E-state index is 13.5. The van der Waals surface area contributed by atoms with Crippen molar-refractivity contribution < 1.29 is 49.0 Å². The van der Waals surface area contributed by atoms with E-state index in [0.29, 0.717) is 35.2 Å². The number of hydrogen-bond acceptors (Lipinski definition) is 4. The van der Waals surface area contributed by atoms with E-state index in [-0.39, 0.29) is 17.3 Å². The molecule has 14 heteroatoms. The second-order valence-corrected chi connectivity index (χ2v) is 9.99. The van der Waals surface area contributed by atoms with Gasteiger partial charge < -0.3 is 9.64 Å². The van der Waals surface area contributed by atoms with E-state index in [1.165, 1.54) is 20.1 Å². The number of carbonyl (C=O) groups excluding carboxylic acids is 1. The lowest BCUT2D eigenvalue weighted by atomic mass is 9.98. The highest BCUT2D eigenvalue weighted by atomic mass is 32.2. The number of pyridine rings is 1. The fourth-order valence-electron chi connectivity index (χ4n) is 4.36. The van der Waals surface area contributed by atoms with Crippen LogP contribution in [0, 0.1) is 0 Å². The van der Waals surface area contributed by atoms with E-state index in [9.17, 15) is 44.3 Å². The Morgan fingerprint density at radius 3 is 2.00 bits per heavy atom. The van der Waals surface area contributed by atoms with Gasteiger partial charge in [0.2, 0.25) is 0 Å². The molecular weight excluding hydrogens is 575 g/mol. The van der Waals surface area contributed by atoms with Crippen LogP contribution in [0.4, 0.5) is 44.3 Å². The van der Waals surface area contributed by atoms with Crippen LogP contribution in [0.1, 0.15) is 40.3 Å². The van der Waals surface area contributed by atoms with Crippen molar-refractivity contribution in [1.29, 1.82) is 0 Å². The molecule has 1 aromatic heterocycles. The van der Waals surface area contributed by atoms with Crippen molar-refractivity contribution in [3.8, 4) is 16.9 Å². The van der Waals surface area contributed by atoms with E-state index in [2.05, 4.69) is 4.98 Å². The summed E-state index contributed by atoms with van der Waals surface area (Å²) in [4.78, 5) is 17.8. The van der Waals surface area contributed by atoms with Crippen LogP contribution in [0.25, 0.3) is 11.1 Å². The Labute approximate surface area is 226 Å². The molecule has 2 heterocycles. The molecule has 4 nitrogen and oxygen atoms in total. The van der Waals surface area contributed by atoms with Crippen molar-refractivity contribution in [2.24, 2.45) is 0 Å². The molecule has 0 spiro atoms. The van der Waals surface area contributed by atoms with Gasteiger partial charge in [-0.05, 0) is 42.8 Å². The molecular formula is C26H19F9N2O2S. The third-order valence-electron chi connectivity index (χ3n) is 6.31. The number of ether oxygens (including phenoxy) is 1. The summed E-state index contributed by atoms with van der Waals surface area (Å²) in [5.74, 6) is 0.307. The van der Waals surface area contributed by atoms with Crippen LogP contribution in [-0.2, 0) is 25.1 Å². The molecule has 0 aliphatic carbocycles. The number of thioether (sulfide) groups is 1. The minimum atomic E-state index is -5.09. The van der Waals surface area contributed by atoms with Gasteiger partial charge in [-0.25, -0.2) is 4.98 Å². The van der Waals surface area contributed by atoms with Crippen molar-refractivity contribution in [3.05, 3.63) is 82.7 Å². The van der Waals surface area contributed by atoms with Gasteiger partial charge in [-0.15, -0.1) is 0 Å². The molecule has 3 aromatic rings. The summed E-state index contributed by atoms with van der Waals surface area (Å²) in [5, 5.41) is -1.91. The number of nitrogens with zero attached hydrogens (tertiary/aromatic N) is 2. The number of hydrogen-bond donors (Lipinski definition) is 0. The van der Waals surface area contributed by atoms with Crippen molar-refractivity contribution in [2.45, 2.75) is 43.3 Å². The summed E-state index contributed by atoms with van der Waals surface area (Å²) in [6.45, 7) is 0.901. The molecule has 0 saturated carbocycles. The minimum Gasteiger partial charge on any atom is -0.496 e. The van der Waals surface area contributed by atoms with Gasteiger partial charge in [0.1, 0.15) is 11.4 Å². The molecule has 0 bridgehead atoms. The molecule has 2 atom stereocenters. The van der Waals surface area contributed by atoms with Crippen LogP contribution in [0.15, 0.2) is 54.6 Å². The van der Waals surface area contributed by atoms with E-state index >= 15 is 0 Å². The first-order valence-electron chi connectivity index (χ1n) is 11.5. The van der Waals surface area contributed by atoms with Gasteiger partial charge in [0.15, 0.2) is 0 Å². The van der Waals surface area contributed by atoms with Gasteiger partial charge in [0.05, 0.1) is 35.7 Å². The quantitative estimate of drug-likeness (QED) is 0.278. The molecule has 214 valence electrons. The number of alkyl halides is 9. The molecule has 1 amide bonds. The van der Waals surface area contributed by atoms with Crippen LogP contribution in [0.5, 0.6) is 5.75 Å². The Hall–Kier alpha value is -3.42. The van der Waals surface area contributed by atoms with Crippen molar-refractivity contribution in [1.82, 2.24) is 9.88 Å². The Morgan fingerprint density at radius 1 is 0.850 bits per heavy atom. The van der Waals surface area contributed by atoms with Crippen LogP contribution < -0.4 is 4.74 Å². The molecule has 4 rings (SSSR count). The first kappa shape index (κ1) is 29.6. The predicted molar refractivity (Wildman–Crippen MR) is 128 cm³/mol. The largest absolute Gasteiger partial charge is 0.496 e. The Morgan fingerprint density at radius 2 is 1.45 bits per heavy atom. The first-order valence-corrected chi connectivity index (χ1v) is 12.4. The molecule has 0 radical (unpaired) electrons. The Kier molecular flexibility index (Phi) is 7.78. The van der Waals surface area contributed by atoms with Crippen molar-refractivity contribution in [3.63, 3.8) is 0 Å². The fraction of sp³-hybridized carbons (Fsp3) is 0.308. The highest BCUT2D eigenvalue weighted by Gasteiger charge is 2.43. The van der Waals surface area contributed by atoms with Crippen molar-refractivity contribution >= 4 is 17.0 Å². The van der Waals surface area contributed by atoms with Gasteiger partial charge in [-0.1, -0.05) is 36.0 Å². The van der Waals surface area contributed by atoms with Crippen LogP contribution >= 0.6 is 11.8 Å². The summed E-state index contributed by atoms with van der Waals surface area (Å²) >= 11 is 0.489. The summed E-state index contributed by atoms with van der Waals surface area (Å²) in [5.41, 5.74) is -4.30. The van der Waals surface area contributed by atoms with E-state index in [4.69, 9.17) is 4.74 Å². The van der Waals surface area contributed by atoms with E-state index in [1.807, 2.05) is 0 Å². The standard InChI is InChI=1S/C26H19F9N2O2S/c1-13-22(14-9-15(24(27,28)29)11-16(10-14)25(30,31)32)40-23(38)37(13)12-19-17(7-8-21(36-19)26(33,34)35)18-5-3-4-6-20(18)39-2/h3-11,13,22H,12H2,1-2H3/t13-,22-/m0/s1. The van der Waals surface area contributed by atoms with E-state index in [1.54, 1.807) is 24.3 Å². The Balaban J connectivity index is 1.76. The normalized spacial score (nSPS) is 18.4. The number of aromatic nitrogens is 1. The number of para-hydroxylation sites is 1. The molecule has 1 aliphatic rings. The number of amides is 1. The topological polar surface area (TPSA) is 42.4 Å². The van der Waals surface area contributed by atoms with Gasteiger partial charge in [0.25, 0.3) is 5.24 Å². The van der Waals surface area contributed by atoms with Gasteiger partial charge in [-0.3, -0.25) is 4.79 Å². The van der Waals surface area contributed by atoms with Gasteiger partial charge in [0, 0.05) is 17.2 Å². The van der Waals surface area contributed by atoms with Crippen molar-refractivity contribution in [2.75, 3.05) is 7.11 Å². The molecule has 2 aromatic carbocycles. The lowest BCUT2D eigenvalue weighted by molar-refractivity contribution is -0.143. The third-order valence-corrected chi connectivity index (χ3v) is 7.67. The predicted octanol–water partition coefficient (Wildman–Crippen LogP) is 8.61. The molecule has 1 fully saturated rings. The van der Waals surface area contributed by atoms with E-state index in [0.717, 1.165) is 11.0 Å². The summed E-state index contributed by atoms with van der Waals surface area (Å²) in [7, 11) is 1.35. The smallest absolute Gasteiger partial charge is 0.433 e. The minimum absolute atomic E-state index is 0.0144. The van der Waals surface area contributed by atoms with Crippen LogP contribution in [-0.4, -0.2) is 28.3 Å². The average molecular weight is 594 g/mol. The summed E-state index contributed by atoms with van der Waals surface area (Å²) in [6.07, 6.45) is -15.0. The number of carbonyl (C=O) groups is 1. The zero-order valence-corrected chi connectivity index (χ0v) is 21.4. The summed E-state index contributed by atoms with van der Waals surface area (Å²) < 4.78 is 126. The zero-order valence-electron chi connectivity index (χ0n) is 20.6. The molecule has 1 aliphatic heterocycles. The van der Waals surface area contributed by atoms with Gasteiger partial charge in [-0.2, -0.15) is 39.5 Å². The number of methoxy groups -OCH3 is 1. The number of rotatable bonds is 5. The van der Waals surface area contributed by atoms with Crippen LogP contribution in [0.3, 0.4) is 0 Å². The number of halogens is 9. The molecule has 1 saturated heterocycles. The first-order chi connectivity index (χ1) is 18.5. The van der Waals surface area contributed by atoms with Gasteiger partial charge >= 0.3 is 18.5 Å². The third kappa shape index (κ3) is 6.01. The highest BCUT2D eigenvalue weighted by molar-refractivity contribution is 8.14. The second-order valence-electron chi connectivity index (χ2n) is 8.90. The lowest BCUT2D eigenvalue weighted by Gasteiger charge is -2.26. The highest BCUT2D eigenvalue weighted by Crippen LogP contribution is 2.47. The molecule has 0 N–H and O–H groups in total. The van der Waals surface area contributed by atoms with E-state index < -0.39 is 64.0 Å². The fourth-order valence-corrected chi connectivity index (χ4v) is 5.56. The maximum Gasteiger partial charge on any atom is 0.433 e. The monoisotopic (exact) mass is 594 g/mol. The van der Waals surface area contributed by atoms with Crippen LogP contribution in [0.2, 0.25) is 0 Å². The maximum absolute atomic E-state index is 13.5. The number of benzene rings is 2. The SMILES string of the molecule is COc1ccccc1-c1ccc(C(F)(F)F)nc1CN1C(=O)S[C@H](c2cc(C(F)(F)F)cc(C(F)(F)F)c2)[C@@H]1C. The molecule has 0 unspecified atom stereocenters. The molecule has 40 heavy (non-hydrogen) atoms. The summed E-state index contributed by atoms with van der Waals surface area (Å²) in [6, 6.07) is 8.40. The second kappa shape index (κ2) is 10.5. The Bertz CT molecular complexity index is 1390. The average Bonchev–Trinajstić information content (AvgIpc) is 3.15. The zero-order chi connectivity index (χ0) is 29.6.